The molecule has 0 unspecified atom stereocenters. The van der Waals surface area contributed by atoms with Crippen LogP contribution in [0.15, 0.2) is 42.5 Å². The molecule has 1 aromatic carbocycles. The summed E-state index contributed by atoms with van der Waals surface area (Å²) in [5, 5.41) is 7.23. The summed E-state index contributed by atoms with van der Waals surface area (Å²) in [5.74, 6) is 0.810. The maximum atomic E-state index is 12.9. The number of nitrogens with one attached hydrogen (secondary N) is 1. The quantitative estimate of drug-likeness (QED) is 0.682. The van der Waals surface area contributed by atoms with Crippen LogP contribution >= 0.6 is 0 Å². The molecule has 3 heterocycles. The van der Waals surface area contributed by atoms with Crippen LogP contribution in [0.1, 0.15) is 21.9 Å². The van der Waals surface area contributed by atoms with Crippen molar-refractivity contribution in [1.82, 2.24) is 24.6 Å². The number of H-pyrrole nitrogens is 1. The zero-order valence-electron chi connectivity index (χ0n) is 17.9. The van der Waals surface area contributed by atoms with Gasteiger partial charge in [-0.15, -0.1) is 0 Å². The first-order valence-electron chi connectivity index (χ1n) is 10.4. The summed E-state index contributed by atoms with van der Waals surface area (Å²) < 4.78 is 7.54. The predicted molar refractivity (Wildman–Crippen MR) is 117 cm³/mol. The van der Waals surface area contributed by atoms with Crippen molar-refractivity contribution < 1.29 is 9.53 Å². The van der Waals surface area contributed by atoms with E-state index in [-0.39, 0.29) is 5.91 Å². The van der Waals surface area contributed by atoms with Crippen molar-refractivity contribution in [3.63, 3.8) is 0 Å². The molecule has 1 N–H and O–H groups in total. The fourth-order valence-corrected chi connectivity index (χ4v) is 3.98. The van der Waals surface area contributed by atoms with E-state index in [1.807, 2.05) is 35.2 Å². The number of rotatable bonds is 6. The number of ether oxygens (including phenoxy) is 1. The number of hydrogen-bond donors (Lipinski definition) is 1. The van der Waals surface area contributed by atoms with Crippen LogP contribution in [-0.2, 0) is 6.54 Å². The van der Waals surface area contributed by atoms with E-state index in [4.69, 9.17) is 4.74 Å². The van der Waals surface area contributed by atoms with Crippen molar-refractivity contribution in [2.75, 3.05) is 39.8 Å². The fourth-order valence-electron chi connectivity index (χ4n) is 3.98. The first-order chi connectivity index (χ1) is 14.5. The van der Waals surface area contributed by atoms with Gasteiger partial charge < -0.3 is 14.2 Å². The topological polar surface area (TPSA) is 66.4 Å². The molecule has 1 aliphatic rings. The van der Waals surface area contributed by atoms with Crippen LogP contribution in [-0.4, -0.2) is 70.3 Å². The molecule has 0 spiro atoms. The fraction of sp³-hybridized carbons (Fsp3) is 0.391. The Labute approximate surface area is 177 Å². The van der Waals surface area contributed by atoms with Gasteiger partial charge in [-0.1, -0.05) is 0 Å². The van der Waals surface area contributed by atoms with Crippen molar-refractivity contribution in [2.45, 2.75) is 20.4 Å². The van der Waals surface area contributed by atoms with E-state index < -0.39 is 0 Å². The zero-order valence-corrected chi connectivity index (χ0v) is 17.9. The standard InChI is InChI=1S/C23H29N5O2/c1-17-4-5-18(2)28(17)15-12-26-10-13-27(14-11-26)23(29)22-16-21(24-25-22)19-6-8-20(30-3)9-7-19/h4-9,16H,10-15H2,1-3H3,(H,24,25). The van der Waals surface area contributed by atoms with E-state index in [9.17, 15) is 4.79 Å². The molecule has 2 aromatic heterocycles. The van der Waals surface area contributed by atoms with Gasteiger partial charge in [0.25, 0.3) is 5.91 Å². The Morgan fingerprint density at radius 3 is 2.30 bits per heavy atom. The molecular weight excluding hydrogens is 378 g/mol. The first-order valence-corrected chi connectivity index (χ1v) is 10.4. The number of aryl methyl sites for hydroxylation is 2. The van der Waals surface area contributed by atoms with Gasteiger partial charge in [-0.25, -0.2) is 0 Å². The molecular formula is C23H29N5O2. The Kier molecular flexibility index (Phi) is 5.90. The lowest BCUT2D eigenvalue weighted by molar-refractivity contribution is 0.0627. The monoisotopic (exact) mass is 407 g/mol. The molecule has 0 saturated carbocycles. The highest BCUT2D eigenvalue weighted by atomic mass is 16.5. The van der Waals surface area contributed by atoms with Gasteiger partial charge in [0.05, 0.1) is 12.8 Å². The molecule has 0 aliphatic carbocycles. The number of carbonyl (C=O) groups excluding carboxylic acids is 1. The minimum Gasteiger partial charge on any atom is -0.497 e. The van der Waals surface area contributed by atoms with Crippen LogP contribution in [0.5, 0.6) is 5.75 Å². The summed E-state index contributed by atoms with van der Waals surface area (Å²) in [6.45, 7) is 9.55. The van der Waals surface area contributed by atoms with E-state index in [1.165, 1.54) is 11.4 Å². The lowest BCUT2D eigenvalue weighted by Gasteiger charge is -2.34. The van der Waals surface area contributed by atoms with Crippen LogP contribution < -0.4 is 4.74 Å². The van der Waals surface area contributed by atoms with Crippen LogP contribution in [0.4, 0.5) is 0 Å². The Balaban J connectivity index is 1.31. The third-order valence-electron chi connectivity index (χ3n) is 5.91. The number of piperazine rings is 1. The normalized spacial score (nSPS) is 14.8. The number of hydrogen-bond acceptors (Lipinski definition) is 4. The third kappa shape index (κ3) is 4.26. The minimum absolute atomic E-state index is 0.0130. The number of aromatic nitrogens is 3. The average Bonchev–Trinajstić information content (AvgIpc) is 3.39. The molecule has 7 heteroatoms. The van der Waals surface area contributed by atoms with Crippen LogP contribution in [0.25, 0.3) is 11.3 Å². The smallest absolute Gasteiger partial charge is 0.271 e. The number of nitrogens with zero attached hydrogens (tertiary/aromatic N) is 4. The molecule has 1 aliphatic heterocycles. The number of carbonyl (C=O) groups is 1. The number of amides is 1. The molecule has 1 saturated heterocycles. The molecule has 158 valence electrons. The van der Waals surface area contributed by atoms with Crippen LogP contribution in [0.2, 0.25) is 0 Å². The van der Waals surface area contributed by atoms with E-state index in [2.05, 4.69) is 45.6 Å². The molecule has 0 atom stereocenters. The molecule has 0 radical (unpaired) electrons. The van der Waals surface area contributed by atoms with Gasteiger partial charge in [-0.3, -0.25) is 14.8 Å². The SMILES string of the molecule is COc1ccc(-c2cc(C(=O)N3CCN(CCn4c(C)ccc4C)CC3)[nH]n2)cc1. The second-order valence-electron chi connectivity index (χ2n) is 7.80. The Morgan fingerprint density at radius 2 is 1.67 bits per heavy atom. The molecule has 4 rings (SSSR count). The van der Waals surface area contributed by atoms with Crippen molar-refractivity contribution in [3.05, 3.63) is 59.5 Å². The summed E-state index contributed by atoms with van der Waals surface area (Å²) in [7, 11) is 1.64. The lowest BCUT2D eigenvalue weighted by atomic mass is 10.1. The largest absolute Gasteiger partial charge is 0.497 e. The second kappa shape index (κ2) is 8.75. The molecule has 1 fully saturated rings. The summed E-state index contributed by atoms with van der Waals surface area (Å²) in [5.41, 5.74) is 4.85. The molecule has 0 bridgehead atoms. The maximum absolute atomic E-state index is 12.9. The zero-order chi connectivity index (χ0) is 21.1. The lowest BCUT2D eigenvalue weighted by Crippen LogP contribution is -2.49. The minimum atomic E-state index is 0.0130. The van der Waals surface area contributed by atoms with Gasteiger partial charge in [0.1, 0.15) is 11.4 Å². The molecule has 30 heavy (non-hydrogen) atoms. The highest BCUT2D eigenvalue weighted by molar-refractivity contribution is 5.93. The van der Waals surface area contributed by atoms with Crippen LogP contribution in [0.3, 0.4) is 0 Å². The Bertz CT molecular complexity index is 978. The van der Waals surface area contributed by atoms with Crippen LogP contribution in [0, 0.1) is 13.8 Å². The van der Waals surface area contributed by atoms with Crippen molar-refractivity contribution in [1.29, 1.82) is 0 Å². The van der Waals surface area contributed by atoms with Gasteiger partial charge in [-0.05, 0) is 56.3 Å². The summed E-state index contributed by atoms with van der Waals surface area (Å²) in [4.78, 5) is 17.2. The number of aromatic amines is 1. The Morgan fingerprint density at radius 1 is 1.00 bits per heavy atom. The molecule has 7 nitrogen and oxygen atoms in total. The van der Waals surface area contributed by atoms with Gasteiger partial charge in [0, 0.05) is 56.2 Å². The molecule has 3 aromatic rings. The van der Waals surface area contributed by atoms with Crippen molar-refractivity contribution in [3.8, 4) is 17.0 Å². The first kappa shape index (κ1) is 20.2. The second-order valence-corrected chi connectivity index (χ2v) is 7.80. The van der Waals surface area contributed by atoms with Gasteiger partial charge >= 0.3 is 0 Å². The van der Waals surface area contributed by atoms with Gasteiger partial charge in [0.15, 0.2) is 0 Å². The third-order valence-corrected chi connectivity index (χ3v) is 5.91. The number of benzene rings is 1. The Hall–Kier alpha value is -3.06. The van der Waals surface area contributed by atoms with E-state index >= 15 is 0 Å². The summed E-state index contributed by atoms with van der Waals surface area (Å²) in [6.07, 6.45) is 0. The highest BCUT2D eigenvalue weighted by Crippen LogP contribution is 2.21. The van der Waals surface area contributed by atoms with Gasteiger partial charge in [0.2, 0.25) is 0 Å². The molecule has 1 amide bonds. The number of methoxy groups -OCH3 is 1. The summed E-state index contributed by atoms with van der Waals surface area (Å²) in [6, 6.07) is 13.8. The van der Waals surface area contributed by atoms with Crippen molar-refractivity contribution >= 4 is 5.91 Å². The highest BCUT2D eigenvalue weighted by Gasteiger charge is 2.23. The van der Waals surface area contributed by atoms with E-state index in [1.54, 1.807) is 7.11 Å². The van der Waals surface area contributed by atoms with E-state index in [0.717, 1.165) is 56.3 Å². The van der Waals surface area contributed by atoms with E-state index in [0.29, 0.717) is 5.69 Å². The summed E-state index contributed by atoms with van der Waals surface area (Å²) >= 11 is 0. The average molecular weight is 408 g/mol. The van der Waals surface area contributed by atoms with Gasteiger partial charge in [-0.2, -0.15) is 5.10 Å². The predicted octanol–water partition coefficient (Wildman–Crippen LogP) is 2.96. The van der Waals surface area contributed by atoms with Crippen molar-refractivity contribution in [2.24, 2.45) is 0 Å². The maximum Gasteiger partial charge on any atom is 0.271 e.